The van der Waals surface area contributed by atoms with Crippen LogP contribution in [0.1, 0.15) is 15.9 Å². The summed E-state index contributed by atoms with van der Waals surface area (Å²) in [5.41, 5.74) is 1.84. The molecular weight excluding hydrogens is 404 g/mol. The Balaban J connectivity index is 1.93. The van der Waals surface area contributed by atoms with Crippen molar-refractivity contribution in [2.45, 2.75) is 11.8 Å². The first kappa shape index (κ1) is 21.2. The van der Waals surface area contributed by atoms with Crippen molar-refractivity contribution in [2.24, 2.45) is 0 Å². The van der Waals surface area contributed by atoms with Crippen molar-refractivity contribution in [3.63, 3.8) is 0 Å². The van der Waals surface area contributed by atoms with Gasteiger partial charge in [-0.3, -0.25) is 9.52 Å². The lowest BCUT2D eigenvalue weighted by molar-refractivity contribution is 0.102. The van der Waals surface area contributed by atoms with E-state index in [1.807, 2.05) is 19.1 Å². The van der Waals surface area contributed by atoms with E-state index in [-0.39, 0.29) is 16.5 Å². The third-order valence-corrected chi connectivity index (χ3v) is 5.83. The summed E-state index contributed by atoms with van der Waals surface area (Å²) < 4.78 is 38.8. The van der Waals surface area contributed by atoms with E-state index < -0.39 is 10.0 Å². The van der Waals surface area contributed by atoms with Crippen LogP contribution in [0.15, 0.2) is 71.6 Å². The van der Waals surface area contributed by atoms with Gasteiger partial charge >= 0.3 is 0 Å². The van der Waals surface area contributed by atoms with Gasteiger partial charge in [0.15, 0.2) is 0 Å². The molecule has 3 rings (SSSR count). The maximum atomic E-state index is 12.9. The number of amides is 1. The standard InChI is InChI=1S/C22H22N2O5S/c1-15-8-4-5-9-17(15)22(25)23-19-14-16(12-13-21(19)29-3)30(26,27)24-18-10-6-7-11-20(18)28-2/h4-14,24H,1-3H3,(H,23,25). The number of carbonyl (C=O) groups excluding carboxylic acids is 1. The lowest BCUT2D eigenvalue weighted by Gasteiger charge is -2.15. The average molecular weight is 426 g/mol. The Morgan fingerprint density at radius 1 is 0.833 bits per heavy atom. The van der Waals surface area contributed by atoms with Gasteiger partial charge in [-0.25, -0.2) is 8.42 Å². The Morgan fingerprint density at radius 3 is 2.17 bits per heavy atom. The first-order chi connectivity index (χ1) is 14.4. The Hall–Kier alpha value is -3.52. The lowest BCUT2D eigenvalue weighted by Crippen LogP contribution is -2.16. The monoisotopic (exact) mass is 426 g/mol. The Bertz CT molecular complexity index is 1180. The van der Waals surface area contributed by atoms with Gasteiger partial charge in [-0.05, 0) is 48.9 Å². The third kappa shape index (κ3) is 4.55. The average Bonchev–Trinajstić information content (AvgIpc) is 2.74. The highest BCUT2D eigenvalue weighted by Gasteiger charge is 2.20. The quantitative estimate of drug-likeness (QED) is 0.594. The molecule has 0 fully saturated rings. The fourth-order valence-corrected chi connectivity index (χ4v) is 4.00. The van der Waals surface area contributed by atoms with Crippen LogP contribution >= 0.6 is 0 Å². The first-order valence-corrected chi connectivity index (χ1v) is 10.5. The van der Waals surface area contributed by atoms with Crippen LogP contribution in [0, 0.1) is 6.92 Å². The minimum Gasteiger partial charge on any atom is -0.495 e. The third-order valence-electron chi connectivity index (χ3n) is 4.47. The molecule has 0 saturated carbocycles. The van der Waals surface area contributed by atoms with Crippen LogP contribution in [-0.4, -0.2) is 28.5 Å². The zero-order valence-electron chi connectivity index (χ0n) is 16.8. The normalized spacial score (nSPS) is 10.9. The maximum absolute atomic E-state index is 12.9. The predicted octanol–water partition coefficient (Wildman–Crippen LogP) is 4.07. The van der Waals surface area contributed by atoms with Gasteiger partial charge in [-0.15, -0.1) is 0 Å². The fraction of sp³-hybridized carbons (Fsp3) is 0.136. The summed E-state index contributed by atoms with van der Waals surface area (Å²) in [6.45, 7) is 1.82. The summed E-state index contributed by atoms with van der Waals surface area (Å²) >= 11 is 0. The molecular formula is C22H22N2O5S. The zero-order chi connectivity index (χ0) is 21.7. The molecule has 0 spiro atoms. The van der Waals surface area contributed by atoms with Crippen LogP contribution in [0.3, 0.4) is 0 Å². The summed E-state index contributed by atoms with van der Waals surface area (Å²) in [6, 6.07) is 18.1. The van der Waals surface area contributed by atoms with Gasteiger partial charge in [0, 0.05) is 5.56 Å². The van der Waals surface area contributed by atoms with Crippen molar-refractivity contribution in [2.75, 3.05) is 24.3 Å². The molecule has 0 atom stereocenters. The molecule has 0 aliphatic rings. The summed E-state index contributed by atoms with van der Waals surface area (Å²) in [7, 11) is -1.04. The van der Waals surface area contributed by atoms with Crippen molar-refractivity contribution in [1.82, 2.24) is 0 Å². The molecule has 3 aromatic rings. The molecule has 8 heteroatoms. The summed E-state index contributed by atoms with van der Waals surface area (Å²) in [4.78, 5) is 12.7. The van der Waals surface area contributed by atoms with Crippen LogP contribution in [0.2, 0.25) is 0 Å². The second-order valence-corrected chi connectivity index (χ2v) is 8.12. The van der Waals surface area contributed by atoms with E-state index in [2.05, 4.69) is 10.0 Å². The highest BCUT2D eigenvalue weighted by Crippen LogP contribution is 2.31. The molecule has 3 aromatic carbocycles. The van der Waals surface area contributed by atoms with Gasteiger partial charge < -0.3 is 14.8 Å². The molecule has 0 saturated heterocycles. The summed E-state index contributed by atoms with van der Waals surface area (Å²) in [6.07, 6.45) is 0. The number of hydrogen-bond donors (Lipinski definition) is 2. The number of para-hydroxylation sites is 2. The zero-order valence-corrected chi connectivity index (χ0v) is 17.6. The molecule has 0 aromatic heterocycles. The maximum Gasteiger partial charge on any atom is 0.262 e. The predicted molar refractivity (Wildman–Crippen MR) is 116 cm³/mol. The number of nitrogens with one attached hydrogen (secondary N) is 2. The van der Waals surface area contributed by atoms with E-state index >= 15 is 0 Å². The van der Waals surface area contributed by atoms with E-state index in [4.69, 9.17) is 9.47 Å². The molecule has 0 radical (unpaired) electrons. The van der Waals surface area contributed by atoms with E-state index in [1.165, 1.54) is 32.4 Å². The van der Waals surface area contributed by atoms with Crippen LogP contribution in [0.4, 0.5) is 11.4 Å². The van der Waals surface area contributed by atoms with Crippen LogP contribution in [0.5, 0.6) is 11.5 Å². The largest absolute Gasteiger partial charge is 0.495 e. The highest BCUT2D eigenvalue weighted by molar-refractivity contribution is 7.92. The minimum atomic E-state index is -3.94. The number of benzene rings is 3. The van der Waals surface area contributed by atoms with E-state index in [0.29, 0.717) is 22.7 Å². The van der Waals surface area contributed by atoms with Crippen LogP contribution in [0.25, 0.3) is 0 Å². The molecule has 156 valence electrons. The van der Waals surface area contributed by atoms with Crippen molar-refractivity contribution in [3.8, 4) is 11.5 Å². The SMILES string of the molecule is COc1ccc(S(=O)(=O)Nc2ccccc2OC)cc1NC(=O)c1ccccc1C. The molecule has 30 heavy (non-hydrogen) atoms. The molecule has 0 heterocycles. The van der Waals surface area contributed by atoms with Crippen molar-refractivity contribution in [1.29, 1.82) is 0 Å². The molecule has 0 bridgehead atoms. The smallest absolute Gasteiger partial charge is 0.262 e. The first-order valence-electron chi connectivity index (χ1n) is 9.06. The number of methoxy groups -OCH3 is 2. The Kier molecular flexibility index (Phi) is 6.27. The molecule has 1 amide bonds. The topological polar surface area (TPSA) is 93.7 Å². The summed E-state index contributed by atoms with van der Waals surface area (Å²) in [5.74, 6) is 0.370. The number of anilines is 2. The second kappa shape index (κ2) is 8.87. The fourth-order valence-electron chi connectivity index (χ4n) is 2.90. The van der Waals surface area contributed by atoms with Gasteiger partial charge in [0.25, 0.3) is 15.9 Å². The number of rotatable bonds is 7. The van der Waals surface area contributed by atoms with E-state index in [1.54, 1.807) is 36.4 Å². The summed E-state index contributed by atoms with van der Waals surface area (Å²) in [5, 5.41) is 2.74. The number of hydrogen-bond acceptors (Lipinski definition) is 5. The van der Waals surface area contributed by atoms with Crippen molar-refractivity contribution < 1.29 is 22.7 Å². The second-order valence-electron chi connectivity index (χ2n) is 6.44. The van der Waals surface area contributed by atoms with Crippen LogP contribution < -0.4 is 19.5 Å². The van der Waals surface area contributed by atoms with Gasteiger partial charge in [0.05, 0.1) is 30.5 Å². The Morgan fingerprint density at radius 2 is 1.47 bits per heavy atom. The number of ether oxygens (including phenoxy) is 2. The van der Waals surface area contributed by atoms with Crippen LogP contribution in [-0.2, 0) is 10.0 Å². The lowest BCUT2D eigenvalue weighted by atomic mass is 10.1. The van der Waals surface area contributed by atoms with Gasteiger partial charge in [0.1, 0.15) is 11.5 Å². The number of aryl methyl sites for hydroxylation is 1. The number of carbonyl (C=O) groups is 1. The molecule has 0 aliphatic heterocycles. The van der Waals surface area contributed by atoms with E-state index in [0.717, 1.165) is 5.56 Å². The van der Waals surface area contributed by atoms with Crippen molar-refractivity contribution in [3.05, 3.63) is 77.9 Å². The molecule has 0 unspecified atom stereocenters. The molecule has 0 aliphatic carbocycles. The minimum absolute atomic E-state index is 0.0331. The molecule has 7 nitrogen and oxygen atoms in total. The van der Waals surface area contributed by atoms with Crippen molar-refractivity contribution >= 4 is 27.3 Å². The van der Waals surface area contributed by atoms with E-state index in [9.17, 15) is 13.2 Å². The van der Waals surface area contributed by atoms with Gasteiger partial charge in [-0.1, -0.05) is 30.3 Å². The number of sulfonamides is 1. The molecule has 2 N–H and O–H groups in total. The Labute approximate surface area is 175 Å². The highest BCUT2D eigenvalue weighted by atomic mass is 32.2. The van der Waals surface area contributed by atoms with Gasteiger partial charge in [0.2, 0.25) is 0 Å². The van der Waals surface area contributed by atoms with Gasteiger partial charge in [-0.2, -0.15) is 0 Å².